The first-order chi connectivity index (χ1) is 9.82. The summed E-state index contributed by atoms with van der Waals surface area (Å²) in [6.45, 7) is 2.92. The van der Waals surface area contributed by atoms with Crippen molar-refractivity contribution in [1.82, 2.24) is 4.90 Å². The maximum absolute atomic E-state index is 12.7. The zero-order chi connectivity index (χ0) is 15.6. The van der Waals surface area contributed by atoms with E-state index in [1.54, 1.807) is 4.90 Å². The number of rotatable bonds is 2. The second-order valence-electron chi connectivity index (χ2n) is 6.04. The van der Waals surface area contributed by atoms with Crippen molar-refractivity contribution in [2.75, 3.05) is 18.5 Å². The molecule has 1 aliphatic carbocycles. The molecule has 1 amide bonds. The van der Waals surface area contributed by atoms with Crippen LogP contribution in [0.1, 0.15) is 32.6 Å². The quantitative estimate of drug-likeness (QED) is 0.696. The van der Waals surface area contributed by atoms with Gasteiger partial charge >= 0.3 is 6.18 Å². The van der Waals surface area contributed by atoms with Gasteiger partial charge in [0.1, 0.15) is 0 Å². The number of hydrogen-bond acceptors (Lipinski definition) is 2. The lowest BCUT2D eigenvalue weighted by molar-refractivity contribution is -0.186. The van der Waals surface area contributed by atoms with Crippen molar-refractivity contribution in [1.29, 1.82) is 0 Å². The predicted molar refractivity (Wildman–Crippen MR) is 76.2 cm³/mol. The van der Waals surface area contributed by atoms with Gasteiger partial charge < -0.3 is 9.64 Å². The van der Waals surface area contributed by atoms with E-state index in [4.69, 9.17) is 4.74 Å². The highest BCUT2D eigenvalue weighted by Crippen LogP contribution is 2.40. The maximum atomic E-state index is 12.7. The SMILES string of the molecule is CC1COC(CBr)CN1C(=O)C1CCC(C(F)(F)F)CC1. The van der Waals surface area contributed by atoms with Crippen LogP contribution in [0.3, 0.4) is 0 Å². The first-order valence-electron chi connectivity index (χ1n) is 7.37. The summed E-state index contributed by atoms with van der Waals surface area (Å²) in [4.78, 5) is 14.3. The van der Waals surface area contributed by atoms with Crippen molar-refractivity contribution >= 4 is 21.8 Å². The number of carbonyl (C=O) groups excluding carboxylic acids is 1. The Morgan fingerprint density at radius 3 is 2.43 bits per heavy atom. The minimum Gasteiger partial charge on any atom is -0.373 e. The number of alkyl halides is 4. The second kappa shape index (κ2) is 6.86. The van der Waals surface area contributed by atoms with Crippen LogP contribution in [0, 0.1) is 11.8 Å². The molecule has 0 bridgehead atoms. The number of halogens is 4. The predicted octanol–water partition coefficient (Wildman–Crippen LogP) is 3.37. The van der Waals surface area contributed by atoms with Crippen LogP contribution < -0.4 is 0 Å². The van der Waals surface area contributed by atoms with E-state index in [2.05, 4.69) is 15.9 Å². The van der Waals surface area contributed by atoms with E-state index < -0.39 is 12.1 Å². The summed E-state index contributed by atoms with van der Waals surface area (Å²) in [5, 5.41) is 0.657. The third kappa shape index (κ3) is 4.12. The van der Waals surface area contributed by atoms with Crippen molar-refractivity contribution in [2.24, 2.45) is 11.8 Å². The zero-order valence-electron chi connectivity index (χ0n) is 12.0. The van der Waals surface area contributed by atoms with Gasteiger partial charge in [-0.05, 0) is 32.6 Å². The second-order valence-corrected chi connectivity index (χ2v) is 6.69. The van der Waals surface area contributed by atoms with Gasteiger partial charge in [-0.1, -0.05) is 15.9 Å². The molecule has 0 aromatic rings. The highest BCUT2D eigenvalue weighted by Gasteiger charge is 2.43. The molecule has 2 atom stereocenters. The van der Waals surface area contributed by atoms with E-state index in [1.807, 2.05) is 6.92 Å². The molecule has 2 fully saturated rings. The Hall–Kier alpha value is -0.300. The standard InChI is InChI=1S/C14H21BrF3NO2/c1-9-8-21-12(6-15)7-19(9)13(20)10-2-4-11(5-3-10)14(16,17)18/h9-12H,2-8H2,1H3. The molecule has 0 aromatic carbocycles. The third-order valence-corrected chi connectivity index (χ3v) is 5.22. The molecule has 0 radical (unpaired) electrons. The number of carbonyl (C=O) groups is 1. The fourth-order valence-corrected chi connectivity index (χ4v) is 3.51. The summed E-state index contributed by atoms with van der Waals surface area (Å²) in [5.74, 6) is -1.50. The topological polar surface area (TPSA) is 29.5 Å². The van der Waals surface area contributed by atoms with Gasteiger partial charge in [0.15, 0.2) is 0 Å². The third-order valence-electron chi connectivity index (χ3n) is 4.50. The van der Waals surface area contributed by atoms with Gasteiger partial charge in [0.05, 0.1) is 24.7 Å². The Morgan fingerprint density at radius 1 is 1.29 bits per heavy atom. The van der Waals surface area contributed by atoms with E-state index in [0.29, 0.717) is 31.3 Å². The summed E-state index contributed by atoms with van der Waals surface area (Å²) in [7, 11) is 0. The Morgan fingerprint density at radius 2 is 1.90 bits per heavy atom. The van der Waals surface area contributed by atoms with Crippen LogP contribution >= 0.6 is 15.9 Å². The molecule has 3 nitrogen and oxygen atoms in total. The highest BCUT2D eigenvalue weighted by molar-refractivity contribution is 9.09. The van der Waals surface area contributed by atoms with Crippen LogP contribution in [0.2, 0.25) is 0 Å². The number of hydrogen-bond donors (Lipinski definition) is 0. The first kappa shape index (κ1) is 17.1. The molecular formula is C14H21BrF3NO2. The molecule has 2 unspecified atom stereocenters. The average molecular weight is 372 g/mol. The molecule has 1 saturated carbocycles. The van der Waals surface area contributed by atoms with Crippen molar-refractivity contribution in [3.63, 3.8) is 0 Å². The van der Waals surface area contributed by atoms with Gasteiger partial charge in [-0.3, -0.25) is 4.79 Å². The molecule has 2 rings (SSSR count). The van der Waals surface area contributed by atoms with Gasteiger partial charge in [0.25, 0.3) is 0 Å². The van der Waals surface area contributed by atoms with Crippen molar-refractivity contribution in [2.45, 2.75) is 50.9 Å². The highest BCUT2D eigenvalue weighted by atomic mass is 79.9. The summed E-state index contributed by atoms with van der Waals surface area (Å²) in [6.07, 6.45) is -3.34. The van der Waals surface area contributed by atoms with Gasteiger partial charge in [-0.2, -0.15) is 13.2 Å². The molecule has 0 spiro atoms. The number of nitrogens with zero attached hydrogens (tertiary/aromatic N) is 1. The lowest BCUT2D eigenvalue weighted by Crippen LogP contribution is -2.53. The molecule has 0 aromatic heterocycles. The number of ether oxygens (including phenoxy) is 1. The van der Waals surface area contributed by atoms with E-state index in [0.717, 1.165) is 0 Å². The van der Waals surface area contributed by atoms with E-state index in [-0.39, 0.29) is 36.8 Å². The Kier molecular flexibility index (Phi) is 5.57. The van der Waals surface area contributed by atoms with Gasteiger partial charge in [0, 0.05) is 17.8 Å². The van der Waals surface area contributed by atoms with Crippen LogP contribution in [-0.2, 0) is 9.53 Å². The summed E-state index contributed by atoms with van der Waals surface area (Å²) >= 11 is 3.35. The minimum absolute atomic E-state index is 0.00243. The molecule has 1 aliphatic heterocycles. The first-order valence-corrected chi connectivity index (χ1v) is 8.49. The van der Waals surface area contributed by atoms with Crippen molar-refractivity contribution in [3.05, 3.63) is 0 Å². The Balaban J connectivity index is 1.92. The molecule has 122 valence electrons. The Labute approximate surface area is 131 Å². The monoisotopic (exact) mass is 371 g/mol. The number of amides is 1. The van der Waals surface area contributed by atoms with Gasteiger partial charge in [-0.25, -0.2) is 0 Å². The van der Waals surface area contributed by atoms with Crippen LogP contribution in [-0.4, -0.2) is 47.6 Å². The van der Waals surface area contributed by atoms with E-state index in [9.17, 15) is 18.0 Å². The van der Waals surface area contributed by atoms with E-state index >= 15 is 0 Å². The molecule has 0 N–H and O–H groups in total. The largest absolute Gasteiger partial charge is 0.391 e. The van der Waals surface area contributed by atoms with Crippen LogP contribution in [0.4, 0.5) is 13.2 Å². The minimum atomic E-state index is -4.12. The van der Waals surface area contributed by atoms with Crippen molar-refractivity contribution in [3.8, 4) is 0 Å². The van der Waals surface area contributed by atoms with Crippen LogP contribution in [0.25, 0.3) is 0 Å². The van der Waals surface area contributed by atoms with Gasteiger partial charge in [0.2, 0.25) is 5.91 Å². The maximum Gasteiger partial charge on any atom is 0.391 e. The molecule has 1 saturated heterocycles. The summed E-state index contributed by atoms with van der Waals surface area (Å²) in [5.41, 5.74) is 0. The fraction of sp³-hybridized carbons (Fsp3) is 0.929. The molecule has 21 heavy (non-hydrogen) atoms. The lowest BCUT2D eigenvalue weighted by Gasteiger charge is -2.40. The summed E-state index contributed by atoms with van der Waals surface area (Å²) in [6, 6.07) is -0.00635. The van der Waals surface area contributed by atoms with Crippen LogP contribution in [0.15, 0.2) is 0 Å². The number of morpholine rings is 1. The fourth-order valence-electron chi connectivity index (χ4n) is 3.12. The zero-order valence-corrected chi connectivity index (χ0v) is 13.6. The molecule has 2 aliphatic rings. The molecule has 7 heteroatoms. The average Bonchev–Trinajstić information content (AvgIpc) is 2.46. The molecular weight excluding hydrogens is 351 g/mol. The molecule has 1 heterocycles. The lowest BCUT2D eigenvalue weighted by atomic mass is 9.81. The summed E-state index contributed by atoms with van der Waals surface area (Å²) < 4.78 is 43.6. The van der Waals surface area contributed by atoms with Crippen molar-refractivity contribution < 1.29 is 22.7 Å². The normalized spacial score (nSPS) is 34.8. The van der Waals surface area contributed by atoms with Gasteiger partial charge in [-0.15, -0.1) is 0 Å². The smallest absolute Gasteiger partial charge is 0.373 e. The van der Waals surface area contributed by atoms with E-state index in [1.165, 1.54) is 0 Å². The Bertz CT molecular complexity index is 370. The van der Waals surface area contributed by atoms with Crippen LogP contribution in [0.5, 0.6) is 0 Å².